The zero-order valence-corrected chi connectivity index (χ0v) is 23.0. The fourth-order valence-electron chi connectivity index (χ4n) is 3.96. The first-order valence-corrected chi connectivity index (χ1v) is 13.9. The predicted octanol–water partition coefficient (Wildman–Crippen LogP) is 5.77. The number of hydrogen-bond acceptors (Lipinski definition) is 13. The van der Waals surface area contributed by atoms with E-state index in [1.807, 2.05) is 0 Å². The highest BCUT2D eigenvalue weighted by Crippen LogP contribution is 2.32. The number of ketones is 1. The Morgan fingerprint density at radius 2 is 1.28 bits per heavy atom. The van der Waals surface area contributed by atoms with Gasteiger partial charge in [0.2, 0.25) is 5.78 Å². The van der Waals surface area contributed by atoms with Gasteiger partial charge in [0, 0.05) is 16.9 Å². The molecule has 4 aromatic carbocycles. The summed E-state index contributed by atoms with van der Waals surface area (Å²) in [6.07, 6.45) is 3.21. The SMILES string of the molecule is Nc1ccc(N=Nc2ccc3c(c2)C(=O)/C(=N\Nc2ccc(N=Nc4ccc(N)cc4N)c(S(=O)(=O)O)c2)C=C3)c(N)c1. The van der Waals surface area contributed by atoms with E-state index in [-0.39, 0.29) is 28.5 Å². The number of Topliss-reactive ketones (excluding diaryl/α,β-unsaturated/α-hetero) is 1. The molecule has 4 aromatic rings. The Kier molecular flexibility index (Phi) is 7.66. The number of nitrogens with zero attached hydrogens (tertiary/aromatic N) is 5. The van der Waals surface area contributed by atoms with E-state index in [0.717, 1.165) is 6.07 Å². The molecule has 1 aliphatic rings. The van der Waals surface area contributed by atoms with E-state index in [0.29, 0.717) is 39.6 Å². The first-order chi connectivity index (χ1) is 20.5. The summed E-state index contributed by atoms with van der Waals surface area (Å²) >= 11 is 0. The number of nitrogen functional groups attached to an aromatic ring is 4. The lowest BCUT2D eigenvalue weighted by Gasteiger charge is -2.12. The molecule has 0 radical (unpaired) electrons. The Morgan fingerprint density at radius 1 is 0.674 bits per heavy atom. The predicted molar refractivity (Wildman–Crippen MR) is 166 cm³/mol. The molecule has 1 aliphatic carbocycles. The standard InChI is InChI=1S/C28H24N10O4S/c29-16-3-8-23(21(31)11-16)35-33-18-5-1-15-2-7-26(28(39)20(15)13-18)38-34-19-6-10-25(27(14-19)43(40,41)42)37-36-24-9-4-17(30)12-22(24)32/h1-14,34H,29-32H2,(H,40,41,42)/b35-33?,37-36?,38-26-. The molecule has 0 unspecified atom stereocenters. The van der Waals surface area contributed by atoms with Crippen LogP contribution in [0.1, 0.15) is 15.9 Å². The van der Waals surface area contributed by atoms with Crippen molar-refractivity contribution in [1.82, 2.24) is 0 Å². The summed E-state index contributed by atoms with van der Waals surface area (Å²) in [5.74, 6) is -0.407. The Labute approximate surface area is 245 Å². The van der Waals surface area contributed by atoms with Crippen LogP contribution < -0.4 is 28.4 Å². The maximum Gasteiger partial charge on any atom is 0.296 e. The molecule has 0 saturated heterocycles. The van der Waals surface area contributed by atoms with Gasteiger partial charge in [-0.15, -0.1) is 15.3 Å². The molecule has 0 spiro atoms. The lowest BCUT2D eigenvalue weighted by Crippen LogP contribution is -2.18. The van der Waals surface area contributed by atoms with Crippen LogP contribution in [0.3, 0.4) is 0 Å². The van der Waals surface area contributed by atoms with Crippen molar-refractivity contribution in [2.45, 2.75) is 4.90 Å². The van der Waals surface area contributed by atoms with Gasteiger partial charge in [-0.05, 0) is 78.4 Å². The van der Waals surface area contributed by atoms with Gasteiger partial charge in [-0.3, -0.25) is 14.8 Å². The molecule has 0 aromatic heterocycles. The first kappa shape index (κ1) is 28.6. The van der Waals surface area contributed by atoms with E-state index >= 15 is 0 Å². The molecule has 43 heavy (non-hydrogen) atoms. The zero-order chi connectivity index (χ0) is 30.7. The Balaban J connectivity index is 1.37. The monoisotopic (exact) mass is 596 g/mol. The number of fused-ring (bicyclic) bond motifs is 1. The number of benzene rings is 4. The molecule has 5 rings (SSSR count). The van der Waals surface area contributed by atoms with Crippen LogP contribution in [-0.4, -0.2) is 24.5 Å². The van der Waals surface area contributed by atoms with Gasteiger partial charge in [-0.25, -0.2) is 0 Å². The minimum atomic E-state index is -4.71. The zero-order valence-electron chi connectivity index (χ0n) is 22.2. The van der Waals surface area contributed by atoms with Crippen molar-refractivity contribution in [2.24, 2.45) is 25.6 Å². The Hall–Kier alpha value is -5.93. The van der Waals surface area contributed by atoms with Crippen LogP contribution >= 0.6 is 0 Å². The minimum Gasteiger partial charge on any atom is -0.399 e. The Morgan fingerprint density at radius 3 is 1.91 bits per heavy atom. The number of hydrogen-bond donors (Lipinski definition) is 6. The largest absolute Gasteiger partial charge is 0.399 e. The van der Waals surface area contributed by atoms with E-state index in [9.17, 15) is 17.8 Å². The van der Waals surface area contributed by atoms with Gasteiger partial charge in [0.15, 0.2) is 0 Å². The lowest BCUT2D eigenvalue weighted by atomic mass is 9.94. The molecule has 0 bridgehead atoms. The van der Waals surface area contributed by atoms with Crippen LogP contribution in [0.15, 0.2) is 109 Å². The number of nitrogens with one attached hydrogen (secondary N) is 1. The maximum atomic E-state index is 13.2. The molecule has 10 N–H and O–H groups in total. The van der Waals surface area contributed by atoms with E-state index in [1.165, 1.54) is 30.3 Å². The van der Waals surface area contributed by atoms with Crippen molar-refractivity contribution in [3.63, 3.8) is 0 Å². The van der Waals surface area contributed by atoms with Gasteiger partial charge in [0.1, 0.15) is 27.7 Å². The second-order valence-electron chi connectivity index (χ2n) is 9.24. The molecule has 15 heteroatoms. The second-order valence-corrected chi connectivity index (χ2v) is 10.6. The van der Waals surface area contributed by atoms with Gasteiger partial charge in [-0.2, -0.15) is 18.6 Å². The van der Waals surface area contributed by atoms with Crippen LogP contribution in [0.25, 0.3) is 6.08 Å². The minimum absolute atomic E-state index is 0.0420. The number of allylic oxidation sites excluding steroid dienone is 1. The van der Waals surface area contributed by atoms with Crippen molar-refractivity contribution in [1.29, 1.82) is 0 Å². The highest BCUT2D eigenvalue weighted by molar-refractivity contribution is 7.86. The summed E-state index contributed by atoms with van der Waals surface area (Å²) in [4.78, 5) is 12.7. The van der Waals surface area contributed by atoms with Crippen LogP contribution in [-0.2, 0) is 10.1 Å². The van der Waals surface area contributed by atoms with E-state index in [1.54, 1.807) is 48.5 Å². The van der Waals surface area contributed by atoms with Gasteiger partial charge >= 0.3 is 0 Å². The van der Waals surface area contributed by atoms with Gasteiger partial charge in [-0.1, -0.05) is 12.1 Å². The van der Waals surface area contributed by atoms with Crippen LogP contribution in [0.4, 0.5) is 51.2 Å². The Bertz CT molecular complexity index is 2000. The average molecular weight is 597 g/mol. The third-order valence-corrected chi connectivity index (χ3v) is 7.00. The summed E-state index contributed by atoms with van der Waals surface area (Å²) < 4.78 is 34.0. The highest BCUT2D eigenvalue weighted by atomic mass is 32.2. The normalized spacial score (nSPS) is 14.1. The number of carbonyl (C=O) groups is 1. The topological polar surface area (TPSA) is 249 Å². The molecule has 0 atom stereocenters. The molecule has 14 nitrogen and oxygen atoms in total. The molecule has 0 aliphatic heterocycles. The summed E-state index contributed by atoms with van der Waals surface area (Å²) in [5, 5.41) is 20.3. The third kappa shape index (κ3) is 6.53. The lowest BCUT2D eigenvalue weighted by molar-refractivity contribution is 0.106. The molecule has 216 valence electrons. The highest BCUT2D eigenvalue weighted by Gasteiger charge is 2.21. The molecule has 0 saturated carbocycles. The van der Waals surface area contributed by atoms with Crippen molar-refractivity contribution in [2.75, 3.05) is 28.4 Å². The van der Waals surface area contributed by atoms with E-state index in [2.05, 4.69) is 31.0 Å². The fourth-order valence-corrected chi connectivity index (χ4v) is 4.61. The first-order valence-electron chi connectivity index (χ1n) is 12.4. The number of hydrazone groups is 1. The number of rotatable bonds is 7. The van der Waals surface area contributed by atoms with Crippen molar-refractivity contribution < 1.29 is 17.8 Å². The fraction of sp³-hybridized carbons (Fsp3) is 0. The molecular formula is C28H24N10O4S. The number of nitrogens with two attached hydrogens (primary N) is 4. The molecule has 0 fully saturated rings. The van der Waals surface area contributed by atoms with Crippen molar-refractivity contribution >= 4 is 78.9 Å². The molecular weight excluding hydrogens is 572 g/mol. The van der Waals surface area contributed by atoms with Crippen molar-refractivity contribution in [3.05, 3.63) is 90.0 Å². The van der Waals surface area contributed by atoms with Gasteiger partial charge < -0.3 is 22.9 Å². The maximum absolute atomic E-state index is 13.2. The summed E-state index contributed by atoms with van der Waals surface area (Å²) in [6.45, 7) is 0. The molecule has 0 heterocycles. The van der Waals surface area contributed by atoms with Crippen LogP contribution in [0.5, 0.6) is 0 Å². The summed E-state index contributed by atoms with van der Waals surface area (Å²) in [6, 6.07) is 18.3. The third-order valence-electron chi connectivity index (χ3n) is 6.12. The van der Waals surface area contributed by atoms with Crippen molar-refractivity contribution in [3.8, 4) is 0 Å². The summed E-state index contributed by atoms with van der Waals surface area (Å²) in [5.41, 5.74) is 29.5. The summed E-state index contributed by atoms with van der Waals surface area (Å²) in [7, 11) is -4.71. The quantitative estimate of drug-likeness (QED) is 0.0654. The van der Waals surface area contributed by atoms with Crippen LogP contribution in [0.2, 0.25) is 0 Å². The van der Waals surface area contributed by atoms with E-state index < -0.39 is 20.8 Å². The van der Waals surface area contributed by atoms with Gasteiger partial charge in [0.25, 0.3) is 10.1 Å². The molecule has 0 amide bonds. The number of azo groups is 2. The number of anilines is 5. The number of carbonyl (C=O) groups excluding carboxylic acids is 1. The average Bonchev–Trinajstić information content (AvgIpc) is 2.96. The van der Waals surface area contributed by atoms with E-state index in [4.69, 9.17) is 22.9 Å². The smallest absolute Gasteiger partial charge is 0.296 e. The van der Waals surface area contributed by atoms with Gasteiger partial charge in [0.05, 0.1) is 22.7 Å². The van der Waals surface area contributed by atoms with Crippen LogP contribution in [0, 0.1) is 0 Å². The second kappa shape index (κ2) is 11.5.